The summed E-state index contributed by atoms with van der Waals surface area (Å²) < 4.78 is 11.5. The number of Topliss-reactive ketones (excluding diaryl/α,β-unsaturated/α-hetero) is 6. The van der Waals surface area contributed by atoms with Crippen LogP contribution in [0.25, 0.3) is 6.08 Å². The summed E-state index contributed by atoms with van der Waals surface area (Å²) in [6, 6.07) is 14.4. The van der Waals surface area contributed by atoms with Crippen LogP contribution in [0.15, 0.2) is 101 Å². The van der Waals surface area contributed by atoms with Gasteiger partial charge in [0.05, 0.1) is 18.3 Å². The SMILES string of the molecule is COC1=C(C2=C(C3=C(O)C(=O)c4ccccc4C3=O)C(=O)c3ccccc3C2=O)C(=O)c2ccc3c(c2C1=O)C=CC(C)(C)O3. The van der Waals surface area contributed by atoms with Gasteiger partial charge in [-0.25, -0.2) is 0 Å². The lowest BCUT2D eigenvalue weighted by molar-refractivity contribution is 0.0896. The number of carbonyl (C=O) groups is 6. The number of aliphatic hydroxyl groups excluding tert-OH is 1. The molecule has 0 radical (unpaired) electrons. The Hall–Kier alpha value is -5.96. The molecule has 0 fully saturated rings. The van der Waals surface area contributed by atoms with Crippen LogP contribution in [-0.2, 0) is 4.74 Å². The predicted octanol–water partition coefficient (Wildman–Crippen LogP) is 5.42. The van der Waals surface area contributed by atoms with Gasteiger partial charge in [0, 0.05) is 50.1 Å². The fraction of sp³-hybridized carbons (Fsp3) is 0.111. The topological polar surface area (TPSA) is 141 Å². The van der Waals surface area contributed by atoms with Gasteiger partial charge in [-0.15, -0.1) is 0 Å². The van der Waals surface area contributed by atoms with E-state index in [2.05, 4.69) is 0 Å². The van der Waals surface area contributed by atoms with E-state index in [4.69, 9.17) is 9.47 Å². The summed E-state index contributed by atoms with van der Waals surface area (Å²) in [6.45, 7) is 3.66. The molecule has 0 saturated heterocycles. The normalized spacial score (nSPS) is 18.5. The Balaban J connectivity index is 1.55. The number of ether oxygens (including phenoxy) is 2. The molecule has 1 heterocycles. The van der Waals surface area contributed by atoms with E-state index in [9.17, 15) is 33.9 Å². The van der Waals surface area contributed by atoms with Gasteiger partial charge in [-0.05, 0) is 32.1 Å². The van der Waals surface area contributed by atoms with E-state index in [0.717, 1.165) is 7.11 Å². The zero-order chi connectivity index (χ0) is 31.9. The molecule has 0 spiro atoms. The lowest BCUT2D eigenvalue weighted by Crippen LogP contribution is -2.34. The van der Waals surface area contributed by atoms with Crippen LogP contribution in [0.1, 0.15) is 81.6 Å². The summed E-state index contributed by atoms with van der Waals surface area (Å²) in [7, 11) is 1.14. The van der Waals surface area contributed by atoms with Gasteiger partial charge in [0.15, 0.2) is 34.7 Å². The number of carbonyl (C=O) groups excluding carboxylic acids is 6. The van der Waals surface area contributed by atoms with Crippen molar-refractivity contribution in [2.24, 2.45) is 0 Å². The number of aliphatic hydroxyl groups is 1. The third-order valence-electron chi connectivity index (χ3n) is 8.28. The van der Waals surface area contributed by atoms with Crippen LogP contribution in [0.2, 0.25) is 0 Å². The van der Waals surface area contributed by atoms with Gasteiger partial charge < -0.3 is 14.6 Å². The summed E-state index contributed by atoms with van der Waals surface area (Å²) in [5.41, 5.74) is -3.37. The van der Waals surface area contributed by atoms with Gasteiger partial charge in [-0.2, -0.15) is 0 Å². The highest BCUT2D eigenvalue weighted by atomic mass is 16.5. The Kier molecular flexibility index (Phi) is 5.89. The fourth-order valence-electron chi connectivity index (χ4n) is 6.22. The molecule has 0 saturated carbocycles. The monoisotopic (exact) mass is 598 g/mol. The van der Waals surface area contributed by atoms with Crippen LogP contribution >= 0.6 is 0 Å². The molecule has 3 aromatic rings. The number of ketones is 6. The van der Waals surface area contributed by atoms with E-state index in [0.29, 0.717) is 11.3 Å². The minimum Gasteiger partial charge on any atom is -0.504 e. The fourth-order valence-corrected chi connectivity index (χ4v) is 6.22. The largest absolute Gasteiger partial charge is 0.504 e. The van der Waals surface area contributed by atoms with E-state index < -0.39 is 74.1 Å². The molecule has 0 atom stereocenters. The van der Waals surface area contributed by atoms with Crippen LogP contribution in [-0.4, -0.2) is 52.5 Å². The second-order valence-electron chi connectivity index (χ2n) is 11.4. The van der Waals surface area contributed by atoms with E-state index in [-0.39, 0.29) is 33.4 Å². The molecule has 3 aliphatic carbocycles. The molecule has 7 rings (SSSR count). The Morgan fingerprint density at radius 2 is 1.09 bits per heavy atom. The van der Waals surface area contributed by atoms with Crippen LogP contribution < -0.4 is 4.74 Å². The van der Waals surface area contributed by atoms with Crippen molar-refractivity contribution in [3.8, 4) is 5.75 Å². The number of allylic oxidation sites excluding steroid dienone is 6. The van der Waals surface area contributed by atoms with E-state index in [1.54, 1.807) is 12.2 Å². The van der Waals surface area contributed by atoms with Crippen molar-refractivity contribution in [3.63, 3.8) is 0 Å². The molecule has 1 N–H and O–H groups in total. The molecule has 0 bridgehead atoms. The van der Waals surface area contributed by atoms with Crippen molar-refractivity contribution in [1.82, 2.24) is 0 Å². The summed E-state index contributed by atoms with van der Waals surface area (Å²) >= 11 is 0. The molecule has 3 aromatic carbocycles. The molecule has 4 aliphatic rings. The molecular formula is C36H22O9. The summed E-state index contributed by atoms with van der Waals surface area (Å²) in [5, 5.41) is 11.1. The Bertz CT molecular complexity index is 2150. The highest BCUT2D eigenvalue weighted by Crippen LogP contribution is 2.44. The van der Waals surface area contributed by atoms with Gasteiger partial charge in [0.2, 0.25) is 11.6 Å². The summed E-state index contributed by atoms with van der Waals surface area (Å²) in [6.07, 6.45) is 3.41. The molecule has 0 aromatic heterocycles. The quantitative estimate of drug-likeness (QED) is 0.418. The lowest BCUT2D eigenvalue weighted by atomic mass is 9.71. The average molecular weight is 599 g/mol. The highest BCUT2D eigenvalue weighted by molar-refractivity contribution is 6.41. The first-order chi connectivity index (χ1) is 21.5. The van der Waals surface area contributed by atoms with Gasteiger partial charge >= 0.3 is 0 Å². The summed E-state index contributed by atoms with van der Waals surface area (Å²) in [4.78, 5) is 84.1. The first-order valence-corrected chi connectivity index (χ1v) is 13.9. The molecular weight excluding hydrogens is 576 g/mol. The number of benzene rings is 3. The van der Waals surface area contributed by atoms with Gasteiger partial charge in [-0.3, -0.25) is 28.8 Å². The first-order valence-electron chi connectivity index (χ1n) is 13.9. The maximum Gasteiger partial charge on any atom is 0.229 e. The molecule has 9 heteroatoms. The van der Waals surface area contributed by atoms with Crippen LogP contribution in [0, 0.1) is 0 Å². The molecule has 45 heavy (non-hydrogen) atoms. The van der Waals surface area contributed by atoms with Crippen molar-refractivity contribution in [3.05, 3.63) is 139 Å². The number of fused-ring (bicyclic) bond motifs is 5. The van der Waals surface area contributed by atoms with Gasteiger partial charge in [0.25, 0.3) is 0 Å². The van der Waals surface area contributed by atoms with E-state index in [1.807, 2.05) is 13.8 Å². The molecule has 9 nitrogen and oxygen atoms in total. The average Bonchev–Trinajstić information content (AvgIpc) is 3.03. The predicted molar refractivity (Wildman–Crippen MR) is 160 cm³/mol. The number of hydrogen-bond acceptors (Lipinski definition) is 9. The van der Waals surface area contributed by atoms with Crippen molar-refractivity contribution in [2.45, 2.75) is 19.4 Å². The second kappa shape index (κ2) is 9.52. The Labute approximate surface area is 255 Å². The third-order valence-corrected chi connectivity index (χ3v) is 8.28. The van der Waals surface area contributed by atoms with Crippen molar-refractivity contribution in [1.29, 1.82) is 0 Å². The smallest absolute Gasteiger partial charge is 0.229 e. The zero-order valence-corrected chi connectivity index (χ0v) is 24.1. The number of rotatable bonds is 3. The zero-order valence-electron chi connectivity index (χ0n) is 24.1. The van der Waals surface area contributed by atoms with Crippen LogP contribution in [0.4, 0.5) is 0 Å². The minimum atomic E-state index is -1.06. The number of methoxy groups -OCH3 is 1. The standard InChI is InChI=1S/C36H22O9/c1-36(2)15-14-20-22(45-36)13-12-21-23(20)34(43)35(44-3)27(31(21)40)25-24(28(37)16-8-4-5-9-17(16)29(25)38)26-30(39)18-10-6-7-11-19(18)32(41)33(26)42/h4-15,42H,1-3H3. The van der Waals surface area contributed by atoms with Crippen LogP contribution in [0.5, 0.6) is 5.75 Å². The Morgan fingerprint density at radius 3 is 1.64 bits per heavy atom. The van der Waals surface area contributed by atoms with Crippen molar-refractivity contribution in [2.75, 3.05) is 7.11 Å². The number of hydrogen-bond donors (Lipinski definition) is 1. The van der Waals surface area contributed by atoms with Gasteiger partial charge in [-0.1, -0.05) is 54.6 Å². The lowest BCUT2D eigenvalue weighted by Gasteiger charge is -2.31. The maximum atomic E-state index is 14.4. The van der Waals surface area contributed by atoms with Crippen molar-refractivity contribution >= 4 is 40.8 Å². The first kappa shape index (κ1) is 27.8. The molecule has 1 aliphatic heterocycles. The molecule has 0 amide bonds. The maximum absolute atomic E-state index is 14.4. The van der Waals surface area contributed by atoms with Crippen LogP contribution in [0.3, 0.4) is 0 Å². The molecule has 0 unspecified atom stereocenters. The van der Waals surface area contributed by atoms with Crippen molar-refractivity contribution < 1.29 is 43.3 Å². The summed E-state index contributed by atoms with van der Waals surface area (Å²) in [5.74, 6) is -6.41. The third kappa shape index (κ3) is 3.80. The molecule has 220 valence electrons. The van der Waals surface area contributed by atoms with Gasteiger partial charge in [0.1, 0.15) is 11.4 Å². The van der Waals surface area contributed by atoms with E-state index >= 15 is 0 Å². The minimum absolute atomic E-state index is 0.0121. The Morgan fingerprint density at radius 1 is 0.600 bits per heavy atom. The highest BCUT2D eigenvalue weighted by Gasteiger charge is 2.47. The second-order valence-corrected chi connectivity index (χ2v) is 11.4. The van der Waals surface area contributed by atoms with E-state index in [1.165, 1.54) is 60.7 Å².